The number of benzene rings is 12. The van der Waals surface area contributed by atoms with Crippen LogP contribution in [0.1, 0.15) is 0 Å². The molecule has 0 fully saturated rings. The summed E-state index contributed by atoms with van der Waals surface area (Å²) in [4.78, 5) is 16.1. The fourth-order valence-electron chi connectivity index (χ4n) is 10.6. The first kappa shape index (κ1) is 39.0. The zero-order valence-corrected chi connectivity index (χ0v) is 37.4. The van der Waals surface area contributed by atoms with Crippen molar-refractivity contribution in [1.82, 2.24) is 19.5 Å². The van der Waals surface area contributed by atoms with E-state index in [0.717, 1.165) is 71.8 Å². The van der Waals surface area contributed by atoms with E-state index in [2.05, 4.69) is 229 Å². The maximum absolute atomic E-state index is 5.48. The molecule has 0 radical (unpaired) electrons. The average Bonchev–Trinajstić information content (AvgIpc) is 3.74. The molecule has 0 spiro atoms. The molecule has 0 unspecified atom stereocenters. The highest BCUT2D eigenvalue weighted by molar-refractivity contribution is 6.24. The largest absolute Gasteiger partial charge is 0.308 e. The lowest BCUT2D eigenvalue weighted by atomic mass is 9.90. The number of hydrogen-bond acceptors (Lipinski definition) is 3. The maximum Gasteiger partial charge on any atom is 0.164 e. The Kier molecular flexibility index (Phi) is 8.86. The van der Waals surface area contributed by atoms with Crippen LogP contribution in [0.25, 0.3) is 138 Å². The predicted molar refractivity (Wildman–Crippen MR) is 289 cm³/mol. The van der Waals surface area contributed by atoms with Crippen LogP contribution in [0.15, 0.2) is 243 Å². The van der Waals surface area contributed by atoms with Crippen LogP contribution in [0.3, 0.4) is 0 Å². The van der Waals surface area contributed by atoms with Crippen molar-refractivity contribution < 1.29 is 0 Å². The van der Waals surface area contributed by atoms with Crippen molar-refractivity contribution in [3.05, 3.63) is 243 Å². The van der Waals surface area contributed by atoms with Gasteiger partial charge in [0, 0.05) is 38.4 Å². The number of nitrogens with zero attached hydrogens (tertiary/aromatic N) is 4. The third-order valence-electron chi connectivity index (χ3n) is 13.9. The van der Waals surface area contributed by atoms with E-state index in [1.54, 1.807) is 0 Å². The summed E-state index contributed by atoms with van der Waals surface area (Å²) in [5.41, 5.74) is 10.6. The van der Waals surface area contributed by atoms with Crippen molar-refractivity contribution in [2.75, 3.05) is 0 Å². The van der Waals surface area contributed by atoms with Crippen LogP contribution in [0.5, 0.6) is 0 Å². The Balaban J connectivity index is 1.15. The van der Waals surface area contributed by atoms with Crippen molar-refractivity contribution in [2.45, 2.75) is 0 Å². The topological polar surface area (TPSA) is 43.6 Å². The second-order valence-electron chi connectivity index (χ2n) is 18.0. The van der Waals surface area contributed by atoms with Crippen molar-refractivity contribution in [3.63, 3.8) is 0 Å². The lowest BCUT2D eigenvalue weighted by Crippen LogP contribution is -2.04. The summed E-state index contributed by atoms with van der Waals surface area (Å²) < 4.78 is 2.53. The monoisotopic (exact) mass is 876 g/mol. The first-order valence-electron chi connectivity index (χ1n) is 23.5. The highest BCUT2D eigenvalue weighted by atomic mass is 15.0. The Morgan fingerprint density at radius 2 is 0.768 bits per heavy atom. The number of aromatic nitrogens is 4. The number of hydrogen-bond donors (Lipinski definition) is 0. The summed E-state index contributed by atoms with van der Waals surface area (Å²) in [6, 6.07) is 87.5. The van der Waals surface area contributed by atoms with Crippen LogP contribution in [0.2, 0.25) is 0 Å². The molecule has 14 rings (SSSR count). The Hall–Kier alpha value is -9.25. The van der Waals surface area contributed by atoms with Gasteiger partial charge in [0.1, 0.15) is 0 Å². The number of rotatable bonds is 6. The van der Waals surface area contributed by atoms with Gasteiger partial charge in [0.2, 0.25) is 0 Å². The van der Waals surface area contributed by atoms with Crippen molar-refractivity contribution in [3.8, 4) is 62.1 Å². The molecule has 2 aromatic heterocycles. The van der Waals surface area contributed by atoms with Gasteiger partial charge >= 0.3 is 0 Å². The van der Waals surface area contributed by atoms with Gasteiger partial charge < -0.3 is 4.57 Å². The van der Waals surface area contributed by atoms with Gasteiger partial charge in [-0.2, -0.15) is 0 Å². The predicted octanol–water partition coefficient (Wildman–Crippen LogP) is 17.1. The minimum atomic E-state index is 0.607. The fraction of sp³-hybridized carbons (Fsp3) is 0. The lowest BCUT2D eigenvalue weighted by Gasteiger charge is -2.21. The third-order valence-corrected chi connectivity index (χ3v) is 13.9. The fourth-order valence-corrected chi connectivity index (χ4v) is 10.6. The standard InChI is InChI=1S/C65H40N4/c1-3-15-41(16-4-1)50-31-33-54-56(37-50)57(65-67-63(45-20-5-2-6-21-45)66-64(68-65)52-30-28-43-18-8-10-23-47(43)36-52)40-55(51-29-27-42-17-7-9-22-46(42)35-51)62(54)69-59-34-32-44-19-13-14-26-53(44)61(59)58-38-48-24-11-12-25-49(48)39-60(58)69/h1-40H. The molecule has 0 atom stereocenters. The third kappa shape index (κ3) is 6.49. The van der Waals surface area contributed by atoms with Gasteiger partial charge in [-0.05, 0) is 108 Å². The molecule has 0 aliphatic heterocycles. The molecule has 0 saturated carbocycles. The van der Waals surface area contributed by atoms with Crippen molar-refractivity contribution in [1.29, 1.82) is 0 Å². The molecule has 4 heteroatoms. The summed E-state index contributed by atoms with van der Waals surface area (Å²) in [5.74, 6) is 1.85. The van der Waals surface area contributed by atoms with E-state index in [9.17, 15) is 0 Å². The van der Waals surface area contributed by atoms with Gasteiger partial charge in [-0.3, -0.25) is 0 Å². The van der Waals surface area contributed by atoms with Crippen LogP contribution in [0, 0.1) is 0 Å². The number of fused-ring (bicyclic) bond motifs is 9. The molecule has 69 heavy (non-hydrogen) atoms. The molecule has 320 valence electrons. The second-order valence-corrected chi connectivity index (χ2v) is 18.0. The van der Waals surface area contributed by atoms with Gasteiger partial charge in [0.05, 0.1) is 16.7 Å². The van der Waals surface area contributed by atoms with Crippen LogP contribution in [-0.4, -0.2) is 19.5 Å². The molecule has 0 aliphatic rings. The van der Waals surface area contributed by atoms with Crippen LogP contribution >= 0.6 is 0 Å². The minimum absolute atomic E-state index is 0.607. The zero-order chi connectivity index (χ0) is 45.4. The normalized spacial score (nSPS) is 11.8. The van der Waals surface area contributed by atoms with E-state index in [4.69, 9.17) is 15.0 Å². The molecule has 14 aromatic rings. The molecule has 12 aromatic carbocycles. The Morgan fingerprint density at radius 3 is 1.48 bits per heavy atom. The maximum atomic E-state index is 5.48. The van der Waals surface area contributed by atoms with Gasteiger partial charge in [-0.25, -0.2) is 15.0 Å². The summed E-state index contributed by atoms with van der Waals surface area (Å²) in [7, 11) is 0. The van der Waals surface area contributed by atoms with Gasteiger partial charge in [0.25, 0.3) is 0 Å². The summed E-state index contributed by atoms with van der Waals surface area (Å²) >= 11 is 0. The Labute approximate surface area is 398 Å². The molecule has 0 aliphatic carbocycles. The first-order valence-corrected chi connectivity index (χ1v) is 23.5. The quantitative estimate of drug-likeness (QED) is 0.167. The molecule has 0 saturated heterocycles. The highest BCUT2D eigenvalue weighted by Gasteiger charge is 2.25. The SMILES string of the molecule is c1ccc(-c2ccc3c(-n4c5cc6ccccc6cc5c5c6ccccc6ccc54)c(-c4ccc5ccccc5c4)cc(-c4nc(-c5ccccc5)nc(-c5ccc6ccccc6c5)n4)c3c2)cc1. The molecule has 2 heterocycles. The van der Waals surface area contributed by atoms with E-state index in [-0.39, 0.29) is 0 Å². The van der Waals surface area contributed by atoms with E-state index >= 15 is 0 Å². The second kappa shape index (κ2) is 15.7. The molecule has 0 N–H and O–H groups in total. The Bertz CT molecular complexity index is 4360. The highest BCUT2D eigenvalue weighted by Crippen LogP contribution is 2.47. The zero-order valence-electron chi connectivity index (χ0n) is 37.4. The van der Waals surface area contributed by atoms with E-state index in [1.807, 2.05) is 18.2 Å². The van der Waals surface area contributed by atoms with Crippen molar-refractivity contribution in [2.24, 2.45) is 0 Å². The van der Waals surface area contributed by atoms with Crippen LogP contribution in [0.4, 0.5) is 0 Å². The molecular formula is C65H40N4. The first-order chi connectivity index (χ1) is 34.2. The van der Waals surface area contributed by atoms with E-state index < -0.39 is 0 Å². The minimum Gasteiger partial charge on any atom is -0.308 e. The molecular weight excluding hydrogens is 837 g/mol. The van der Waals surface area contributed by atoms with Gasteiger partial charge in [-0.1, -0.05) is 200 Å². The summed E-state index contributed by atoms with van der Waals surface area (Å²) in [5, 5.41) is 14.1. The summed E-state index contributed by atoms with van der Waals surface area (Å²) in [6.07, 6.45) is 0. The lowest BCUT2D eigenvalue weighted by molar-refractivity contribution is 1.08. The van der Waals surface area contributed by atoms with Gasteiger partial charge in [-0.15, -0.1) is 0 Å². The van der Waals surface area contributed by atoms with Crippen LogP contribution < -0.4 is 0 Å². The summed E-state index contributed by atoms with van der Waals surface area (Å²) in [6.45, 7) is 0. The average molecular weight is 877 g/mol. The molecule has 0 bridgehead atoms. The van der Waals surface area contributed by atoms with E-state index in [1.165, 1.54) is 48.5 Å². The molecule has 4 nitrogen and oxygen atoms in total. The smallest absolute Gasteiger partial charge is 0.164 e. The van der Waals surface area contributed by atoms with Crippen LogP contribution in [-0.2, 0) is 0 Å². The Morgan fingerprint density at radius 1 is 0.246 bits per heavy atom. The van der Waals surface area contributed by atoms with Crippen molar-refractivity contribution >= 4 is 75.7 Å². The van der Waals surface area contributed by atoms with Gasteiger partial charge in [0.15, 0.2) is 17.5 Å². The molecule has 0 amide bonds. The van der Waals surface area contributed by atoms with E-state index in [0.29, 0.717) is 17.5 Å².